The van der Waals surface area contributed by atoms with Crippen molar-refractivity contribution in [3.63, 3.8) is 0 Å². The Morgan fingerprint density at radius 3 is 0.932 bits per heavy atom. The molecule has 0 rings (SSSR count). The van der Waals surface area contributed by atoms with Gasteiger partial charge in [-0.2, -0.15) is 0 Å². The van der Waals surface area contributed by atoms with Gasteiger partial charge in [-0.3, -0.25) is 9.59 Å². The molecule has 0 aliphatic carbocycles. The van der Waals surface area contributed by atoms with Gasteiger partial charge in [0.25, 0.3) is 0 Å². The van der Waals surface area contributed by atoms with Crippen molar-refractivity contribution in [2.75, 3.05) is 0 Å². The van der Waals surface area contributed by atoms with Gasteiger partial charge in [-0.1, -0.05) is 136 Å². The first-order chi connectivity index (χ1) is 21.5. The molecule has 4 heteroatoms. The first kappa shape index (κ1) is 42.7. The standard InChI is InChI=1S/C20H32O2.C20H30O2/c2*1-2-3-4-5-6-7-8-9-10-11-12-13-14-15-16-17-18-19-20(21)22/h6-7,9-10,12-13,15-16H,2-5,8,11,14,17-19H2,1H3,(H,21,22);3-4,6-7,9-10,12-13,15-16H,2,5,8,11,14,17-19H2,1H3,(H,21,22)/b7-6-,10-9-,13-12-,16-15-;4-3-,7-6-,10-9-,13-12-,16-15-. The predicted octanol–water partition coefficient (Wildman–Crippen LogP) is 12.2. The number of aliphatic carboxylic acids is 2. The van der Waals surface area contributed by atoms with Gasteiger partial charge in [-0.25, -0.2) is 0 Å². The lowest BCUT2D eigenvalue weighted by atomic mass is 10.2. The lowest BCUT2D eigenvalue weighted by Gasteiger charge is -1.90. The van der Waals surface area contributed by atoms with Crippen LogP contribution < -0.4 is 0 Å². The van der Waals surface area contributed by atoms with E-state index in [9.17, 15) is 9.59 Å². The number of carbonyl (C=O) groups is 2. The van der Waals surface area contributed by atoms with E-state index < -0.39 is 11.9 Å². The minimum atomic E-state index is -0.715. The largest absolute Gasteiger partial charge is 0.481 e. The van der Waals surface area contributed by atoms with E-state index in [2.05, 4.69) is 123 Å². The minimum absolute atomic E-state index is 0.258. The molecular weight excluding hydrogens is 544 g/mol. The summed E-state index contributed by atoms with van der Waals surface area (Å²) in [6, 6.07) is 0. The maximum atomic E-state index is 10.3. The number of carboxylic acid groups (broad SMARTS) is 2. The van der Waals surface area contributed by atoms with Gasteiger partial charge in [0.2, 0.25) is 0 Å². The minimum Gasteiger partial charge on any atom is -0.481 e. The van der Waals surface area contributed by atoms with E-state index in [0.717, 1.165) is 77.0 Å². The number of rotatable bonds is 27. The van der Waals surface area contributed by atoms with E-state index in [-0.39, 0.29) is 12.8 Å². The fourth-order valence-electron chi connectivity index (χ4n) is 3.67. The normalized spacial score (nSPS) is 12.6. The van der Waals surface area contributed by atoms with E-state index in [0.29, 0.717) is 0 Å². The zero-order chi connectivity index (χ0) is 32.6. The molecule has 4 nitrogen and oxygen atoms in total. The van der Waals surface area contributed by atoms with Crippen LogP contribution in [-0.2, 0) is 9.59 Å². The number of allylic oxidation sites excluding steroid dienone is 18. The second kappa shape index (κ2) is 39.6. The summed E-state index contributed by atoms with van der Waals surface area (Å²) in [6.07, 6.45) is 55.8. The second-order valence-corrected chi connectivity index (χ2v) is 10.4. The fraction of sp³-hybridized carbons (Fsp3) is 0.500. The summed E-state index contributed by atoms with van der Waals surface area (Å²) in [5.74, 6) is -1.43. The summed E-state index contributed by atoms with van der Waals surface area (Å²) in [7, 11) is 0. The van der Waals surface area contributed by atoms with E-state index in [4.69, 9.17) is 10.2 Å². The Morgan fingerprint density at radius 2 is 0.659 bits per heavy atom. The average molecular weight is 607 g/mol. The topological polar surface area (TPSA) is 74.6 Å². The molecule has 0 atom stereocenters. The van der Waals surface area contributed by atoms with Gasteiger partial charge in [0.05, 0.1) is 0 Å². The lowest BCUT2D eigenvalue weighted by molar-refractivity contribution is -0.138. The number of hydrogen-bond donors (Lipinski definition) is 2. The summed E-state index contributed by atoms with van der Waals surface area (Å²) < 4.78 is 0. The van der Waals surface area contributed by atoms with Crippen LogP contribution >= 0.6 is 0 Å². The predicted molar refractivity (Wildman–Crippen MR) is 192 cm³/mol. The van der Waals surface area contributed by atoms with Gasteiger partial charge in [0.1, 0.15) is 0 Å². The van der Waals surface area contributed by atoms with Gasteiger partial charge >= 0.3 is 11.9 Å². The molecule has 2 N–H and O–H groups in total. The summed E-state index contributed by atoms with van der Waals surface area (Å²) in [4.78, 5) is 20.6. The maximum absolute atomic E-state index is 10.3. The van der Waals surface area contributed by atoms with Gasteiger partial charge in [0.15, 0.2) is 0 Å². The second-order valence-electron chi connectivity index (χ2n) is 10.4. The van der Waals surface area contributed by atoms with Gasteiger partial charge in [-0.05, 0) is 89.9 Å². The Kier molecular flexibility index (Phi) is 38.5. The van der Waals surface area contributed by atoms with Crippen molar-refractivity contribution < 1.29 is 19.8 Å². The van der Waals surface area contributed by atoms with Crippen LogP contribution in [0.25, 0.3) is 0 Å². The van der Waals surface area contributed by atoms with Crippen molar-refractivity contribution in [3.05, 3.63) is 109 Å². The molecule has 0 aliphatic rings. The number of carboxylic acids is 2. The Hall–Kier alpha value is -3.40. The maximum Gasteiger partial charge on any atom is 0.303 e. The molecule has 0 amide bonds. The van der Waals surface area contributed by atoms with Crippen molar-refractivity contribution in [1.29, 1.82) is 0 Å². The molecule has 0 saturated heterocycles. The van der Waals surface area contributed by atoms with Crippen molar-refractivity contribution in [3.8, 4) is 0 Å². The van der Waals surface area contributed by atoms with Crippen molar-refractivity contribution >= 4 is 11.9 Å². The zero-order valence-electron chi connectivity index (χ0n) is 27.8. The van der Waals surface area contributed by atoms with Crippen LogP contribution in [0.5, 0.6) is 0 Å². The highest BCUT2D eigenvalue weighted by molar-refractivity contribution is 5.66. The van der Waals surface area contributed by atoms with Crippen LogP contribution in [-0.4, -0.2) is 22.2 Å². The number of hydrogen-bond acceptors (Lipinski definition) is 2. The lowest BCUT2D eigenvalue weighted by Crippen LogP contribution is -1.92. The Morgan fingerprint density at radius 1 is 0.386 bits per heavy atom. The van der Waals surface area contributed by atoms with Crippen molar-refractivity contribution in [1.82, 2.24) is 0 Å². The Bertz CT molecular complexity index is 910. The Balaban J connectivity index is 0. The van der Waals surface area contributed by atoms with Gasteiger partial charge < -0.3 is 10.2 Å². The molecule has 0 aromatic rings. The molecule has 0 saturated carbocycles. The molecular formula is C40H62O4. The first-order valence-corrected chi connectivity index (χ1v) is 16.8. The molecule has 0 radical (unpaired) electrons. The third-order valence-electron chi connectivity index (χ3n) is 6.14. The molecule has 0 fully saturated rings. The molecule has 0 spiro atoms. The van der Waals surface area contributed by atoms with E-state index in [1.165, 1.54) is 25.7 Å². The van der Waals surface area contributed by atoms with Gasteiger partial charge in [0, 0.05) is 12.8 Å². The highest BCUT2D eigenvalue weighted by Gasteiger charge is 1.93. The summed E-state index contributed by atoms with van der Waals surface area (Å²) >= 11 is 0. The van der Waals surface area contributed by atoms with Crippen LogP contribution in [0.15, 0.2) is 109 Å². The molecule has 0 aromatic carbocycles. The monoisotopic (exact) mass is 606 g/mol. The molecule has 0 aliphatic heterocycles. The average Bonchev–Trinajstić information content (AvgIpc) is 3.00. The summed E-state index contributed by atoms with van der Waals surface area (Å²) in [5, 5.41) is 17.0. The van der Waals surface area contributed by atoms with Crippen LogP contribution in [0, 0.1) is 0 Å². The quantitative estimate of drug-likeness (QED) is 0.0720. The molecule has 0 heterocycles. The van der Waals surface area contributed by atoms with Crippen LogP contribution in [0.3, 0.4) is 0 Å². The zero-order valence-corrected chi connectivity index (χ0v) is 27.8. The molecule has 0 bridgehead atoms. The fourth-order valence-corrected chi connectivity index (χ4v) is 3.67. The van der Waals surface area contributed by atoms with Crippen molar-refractivity contribution in [2.45, 2.75) is 129 Å². The van der Waals surface area contributed by atoms with Crippen LogP contribution in [0.2, 0.25) is 0 Å². The van der Waals surface area contributed by atoms with E-state index in [1.54, 1.807) is 0 Å². The van der Waals surface area contributed by atoms with E-state index in [1.807, 2.05) is 0 Å². The Labute approximate surface area is 270 Å². The van der Waals surface area contributed by atoms with Crippen molar-refractivity contribution in [2.24, 2.45) is 0 Å². The number of unbranched alkanes of at least 4 members (excludes halogenated alkanes) is 5. The highest BCUT2D eigenvalue weighted by atomic mass is 16.4. The van der Waals surface area contributed by atoms with E-state index >= 15 is 0 Å². The SMILES string of the molecule is CC/C=C\C/C=C\C/C=C\C/C=C\C/C=C\CCCC(=O)O.CCCCC/C=C\C/C=C\C/C=C\C/C=C\CCCC(=O)O. The van der Waals surface area contributed by atoms with Crippen LogP contribution in [0.1, 0.15) is 129 Å². The molecule has 44 heavy (non-hydrogen) atoms. The molecule has 0 aromatic heterocycles. The smallest absolute Gasteiger partial charge is 0.303 e. The highest BCUT2D eigenvalue weighted by Crippen LogP contribution is 2.02. The summed E-state index contributed by atoms with van der Waals surface area (Å²) in [6.45, 7) is 4.38. The summed E-state index contributed by atoms with van der Waals surface area (Å²) in [5.41, 5.74) is 0. The van der Waals surface area contributed by atoms with Crippen LogP contribution in [0.4, 0.5) is 0 Å². The molecule has 0 unspecified atom stereocenters. The third-order valence-corrected chi connectivity index (χ3v) is 6.14. The first-order valence-electron chi connectivity index (χ1n) is 16.8. The van der Waals surface area contributed by atoms with Gasteiger partial charge in [-0.15, -0.1) is 0 Å². The third kappa shape index (κ3) is 45.6. The molecule has 246 valence electrons.